The first-order valence-electron chi connectivity index (χ1n) is 7.60. The number of rotatable bonds is 8. The Morgan fingerprint density at radius 1 is 1.23 bits per heavy atom. The van der Waals surface area contributed by atoms with Gasteiger partial charge in [-0.3, -0.25) is 9.59 Å². The molecule has 2 N–H and O–H groups in total. The van der Waals surface area contributed by atoms with Crippen molar-refractivity contribution in [3.63, 3.8) is 0 Å². The highest BCUT2D eigenvalue weighted by Crippen LogP contribution is 2.18. The lowest BCUT2D eigenvalue weighted by atomic mass is 10.0. The summed E-state index contributed by atoms with van der Waals surface area (Å²) in [7, 11) is 3.19. The Kier molecular flexibility index (Phi) is 7.43. The molecule has 5 heteroatoms. The van der Waals surface area contributed by atoms with Crippen molar-refractivity contribution in [1.82, 2.24) is 10.6 Å². The second-order valence-corrected chi connectivity index (χ2v) is 5.68. The summed E-state index contributed by atoms with van der Waals surface area (Å²) in [5, 5.41) is 5.41. The fraction of sp³-hybridized carbons (Fsp3) is 0.529. The van der Waals surface area contributed by atoms with Crippen molar-refractivity contribution in [2.24, 2.45) is 5.92 Å². The Hall–Kier alpha value is -2.04. The van der Waals surface area contributed by atoms with Crippen molar-refractivity contribution in [1.29, 1.82) is 0 Å². The van der Waals surface area contributed by atoms with Crippen LogP contribution in [0.3, 0.4) is 0 Å². The highest BCUT2D eigenvalue weighted by atomic mass is 16.5. The van der Waals surface area contributed by atoms with Gasteiger partial charge in [0, 0.05) is 13.5 Å². The zero-order valence-electron chi connectivity index (χ0n) is 13.8. The first-order valence-corrected chi connectivity index (χ1v) is 7.60. The van der Waals surface area contributed by atoms with E-state index < -0.39 is 6.04 Å². The van der Waals surface area contributed by atoms with Crippen LogP contribution in [0.25, 0.3) is 0 Å². The largest absolute Gasteiger partial charge is 0.496 e. The van der Waals surface area contributed by atoms with Gasteiger partial charge >= 0.3 is 0 Å². The predicted octanol–water partition coefficient (Wildman–Crippen LogP) is 1.90. The fourth-order valence-corrected chi connectivity index (χ4v) is 2.30. The summed E-state index contributed by atoms with van der Waals surface area (Å²) >= 11 is 0. The topological polar surface area (TPSA) is 67.4 Å². The third-order valence-electron chi connectivity index (χ3n) is 3.42. The van der Waals surface area contributed by atoms with E-state index in [0.29, 0.717) is 25.2 Å². The average molecular weight is 306 g/mol. The van der Waals surface area contributed by atoms with Crippen LogP contribution in [0.1, 0.15) is 32.3 Å². The number of aryl methyl sites for hydroxylation is 1. The summed E-state index contributed by atoms with van der Waals surface area (Å²) < 4.78 is 5.27. The summed E-state index contributed by atoms with van der Waals surface area (Å²) in [6, 6.07) is 7.15. The third kappa shape index (κ3) is 5.76. The molecule has 1 atom stereocenters. The van der Waals surface area contributed by atoms with Crippen LogP contribution in [0.4, 0.5) is 0 Å². The molecule has 0 aromatic heterocycles. The van der Waals surface area contributed by atoms with E-state index >= 15 is 0 Å². The number of nitrogens with one attached hydrogen (secondary N) is 2. The van der Waals surface area contributed by atoms with Gasteiger partial charge < -0.3 is 15.4 Å². The van der Waals surface area contributed by atoms with Gasteiger partial charge in [-0.05, 0) is 30.4 Å². The molecule has 0 aliphatic heterocycles. The first-order chi connectivity index (χ1) is 10.5. The van der Waals surface area contributed by atoms with Crippen LogP contribution in [0, 0.1) is 5.92 Å². The molecule has 0 fully saturated rings. The lowest BCUT2D eigenvalue weighted by molar-refractivity contribution is -0.129. The number of amides is 2. The summed E-state index contributed by atoms with van der Waals surface area (Å²) in [6.45, 7) is 4.05. The molecule has 2 amide bonds. The SMILES string of the molecule is CNC(=O)[C@@H](CC(C)C)NC(=O)CCc1ccccc1OC. The minimum Gasteiger partial charge on any atom is -0.496 e. The monoisotopic (exact) mass is 306 g/mol. The van der Waals surface area contributed by atoms with Gasteiger partial charge in [0.2, 0.25) is 11.8 Å². The zero-order valence-corrected chi connectivity index (χ0v) is 13.8. The van der Waals surface area contributed by atoms with Gasteiger partial charge in [0.15, 0.2) is 0 Å². The highest BCUT2D eigenvalue weighted by molar-refractivity contribution is 5.87. The van der Waals surface area contributed by atoms with Gasteiger partial charge in [-0.2, -0.15) is 0 Å². The third-order valence-corrected chi connectivity index (χ3v) is 3.42. The summed E-state index contributed by atoms with van der Waals surface area (Å²) in [6.07, 6.45) is 1.53. The van der Waals surface area contributed by atoms with Crippen molar-refractivity contribution in [2.75, 3.05) is 14.2 Å². The number of para-hydroxylation sites is 1. The molecule has 0 unspecified atom stereocenters. The molecule has 22 heavy (non-hydrogen) atoms. The van der Waals surface area contributed by atoms with Crippen LogP contribution in [0.2, 0.25) is 0 Å². The molecule has 0 aliphatic carbocycles. The van der Waals surface area contributed by atoms with Crippen LogP contribution in [0.15, 0.2) is 24.3 Å². The maximum absolute atomic E-state index is 12.1. The van der Waals surface area contributed by atoms with Crippen molar-refractivity contribution in [2.45, 2.75) is 39.2 Å². The summed E-state index contributed by atoms with van der Waals surface area (Å²) in [4.78, 5) is 23.9. The quantitative estimate of drug-likeness (QED) is 0.771. The Morgan fingerprint density at radius 2 is 1.91 bits per heavy atom. The lowest BCUT2D eigenvalue weighted by Crippen LogP contribution is -2.46. The van der Waals surface area contributed by atoms with Crippen molar-refractivity contribution in [3.05, 3.63) is 29.8 Å². The Morgan fingerprint density at radius 3 is 2.50 bits per heavy atom. The molecular weight excluding hydrogens is 280 g/mol. The van der Waals surface area contributed by atoms with E-state index in [1.807, 2.05) is 38.1 Å². The van der Waals surface area contributed by atoms with Gasteiger partial charge in [0.25, 0.3) is 0 Å². The van der Waals surface area contributed by atoms with Crippen molar-refractivity contribution in [3.8, 4) is 5.75 Å². The number of hydrogen-bond acceptors (Lipinski definition) is 3. The van der Waals surface area contributed by atoms with Crippen molar-refractivity contribution < 1.29 is 14.3 Å². The smallest absolute Gasteiger partial charge is 0.242 e. The van der Waals surface area contributed by atoms with Crippen LogP contribution < -0.4 is 15.4 Å². The number of hydrogen-bond donors (Lipinski definition) is 2. The van der Waals surface area contributed by atoms with Crippen molar-refractivity contribution >= 4 is 11.8 Å². The second-order valence-electron chi connectivity index (χ2n) is 5.68. The predicted molar refractivity (Wildman–Crippen MR) is 86.8 cm³/mol. The molecule has 1 aromatic carbocycles. The fourth-order valence-electron chi connectivity index (χ4n) is 2.30. The van der Waals surface area contributed by atoms with Crippen LogP contribution >= 0.6 is 0 Å². The number of likely N-dealkylation sites (N-methyl/N-ethyl adjacent to an activating group) is 1. The number of carbonyl (C=O) groups is 2. The van der Waals surface area contributed by atoms with Gasteiger partial charge in [0.05, 0.1) is 7.11 Å². The Bertz CT molecular complexity index is 500. The molecule has 0 spiro atoms. The van der Waals surface area contributed by atoms with Gasteiger partial charge in [-0.25, -0.2) is 0 Å². The Labute approximate surface area is 132 Å². The zero-order chi connectivity index (χ0) is 16.5. The standard InChI is InChI=1S/C17H26N2O3/c1-12(2)11-14(17(21)18-3)19-16(20)10-9-13-7-5-6-8-15(13)22-4/h5-8,12,14H,9-11H2,1-4H3,(H,18,21)(H,19,20)/t14-/m1/s1. The maximum Gasteiger partial charge on any atom is 0.242 e. The summed E-state index contributed by atoms with van der Waals surface area (Å²) in [5.41, 5.74) is 0.987. The molecule has 1 rings (SSSR count). The molecule has 5 nitrogen and oxygen atoms in total. The number of methoxy groups -OCH3 is 1. The molecule has 1 aromatic rings. The highest BCUT2D eigenvalue weighted by Gasteiger charge is 2.20. The molecule has 0 aliphatic rings. The molecule has 122 valence electrons. The average Bonchev–Trinajstić information content (AvgIpc) is 2.51. The first kappa shape index (κ1) is 18.0. The molecule has 0 heterocycles. The normalized spacial score (nSPS) is 11.9. The lowest BCUT2D eigenvalue weighted by Gasteiger charge is -2.19. The van der Waals surface area contributed by atoms with Crippen LogP contribution in [0.5, 0.6) is 5.75 Å². The van der Waals surface area contributed by atoms with E-state index in [4.69, 9.17) is 4.74 Å². The van der Waals surface area contributed by atoms with Gasteiger partial charge in [-0.1, -0.05) is 32.0 Å². The molecule has 0 bridgehead atoms. The second kappa shape index (κ2) is 9.07. The van der Waals surface area contributed by atoms with E-state index in [-0.39, 0.29) is 11.8 Å². The number of ether oxygens (including phenoxy) is 1. The molecule has 0 radical (unpaired) electrons. The number of benzene rings is 1. The van der Waals surface area contributed by atoms with E-state index in [1.54, 1.807) is 14.2 Å². The van der Waals surface area contributed by atoms with Crippen LogP contribution in [-0.2, 0) is 16.0 Å². The minimum absolute atomic E-state index is 0.125. The van der Waals surface area contributed by atoms with E-state index in [9.17, 15) is 9.59 Å². The number of carbonyl (C=O) groups excluding carboxylic acids is 2. The van der Waals surface area contributed by atoms with Gasteiger partial charge in [-0.15, -0.1) is 0 Å². The summed E-state index contributed by atoms with van der Waals surface area (Å²) in [5.74, 6) is 0.830. The van der Waals surface area contributed by atoms with Crippen LogP contribution in [-0.4, -0.2) is 32.0 Å². The molecule has 0 saturated heterocycles. The van der Waals surface area contributed by atoms with E-state index in [2.05, 4.69) is 10.6 Å². The molecule has 0 saturated carbocycles. The molecular formula is C17H26N2O3. The maximum atomic E-state index is 12.1. The van der Waals surface area contributed by atoms with E-state index in [0.717, 1.165) is 11.3 Å². The van der Waals surface area contributed by atoms with Gasteiger partial charge in [0.1, 0.15) is 11.8 Å². The Balaban J connectivity index is 2.58. The minimum atomic E-state index is -0.477. The van der Waals surface area contributed by atoms with E-state index in [1.165, 1.54) is 0 Å².